The molecule has 0 amide bonds. The molecule has 0 aromatic heterocycles. The van der Waals surface area contributed by atoms with Crippen molar-refractivity contribution < 1.29 is 28.5 Å². The quantitative estimate of drug-likeness (QED) is 0.0668. The molecule has 6 nitrogen and oxygen atoms in total. The Labute approximate surface area is 686 Å². The molecule has 5 aliphatic rings. The van der Waals surface area contributed by atoms with Crippen molar-refractivity contribution in [2.45, 2.75) is 324 Å². The van der Waals surface area contributed by atoms with Crippen molar-refractivity contribution in [1.82, 2.24) is 0 Å². The molecule has 111 heavy (non-hydrogen) atoms. The normalized spacial score (nSPS) is 19.6. The summed E-state index contributed by atoms with van der Waals surface area (Å²) in [6.07, 6.45) is 33.3. The molecule has 4 saturated carbocycles. The molecule has 0 saturated heterocycles. The zero-order valence-corrected chi connectivity index (χ0v) is 60.9. The first-order chi connectivity index (χ1) is 48.2. The van der Waals surface area contributed by atoms with Crippen LogP contribution in [-0.4, -0.2) is 25.2 Å². The summed E-state index contributed by atoms with van der Waals surface area (Å²) in [5, 5.41) is 4.93. The third kappa shape index (κ3) is 30.9. The number of rotatable bonds is 21. The van der Waals surface area contributed by atoms with Crippen LogP contribution in [0, 0.1) is 53.3 Å². The maximum Gasteiger partial charge on any atom is 0.338 e. The molecule has 2 atom stereocenters. The Kier molecular flexibility index (Phi) is 57.3. The van der Waals surface area contributed by atoms with Gasteiger partial charge in [0.25, 0.3) is 0 Å². The van der Waals surface area contributed by atoms with Crippen molar-refractivity contribution >= 4 is 33.5 Å². The molecule has 8 aromatic rings. The second kappa shape index (κ2) is 57.8. The summed E-state index contributed by atoms with van der Waals surface area (Å²) in [6, 6.07) is 61.2. The molecule has 8 aromatic carbocycles. The van der Waals surface area contributed by atoms with Gasteiger partial charge in [-0.05, 0) is 179 Å². The number of hydrogen-bond acceptors (Lipinski definition) is 6. The van der Waals surface area contributed by atoms with E-state index in [2.05, 4.69) is 118 Å². The number of ether oxygens (including phenoxy) is 4. The summed E-state index contributed by atoms with van der Waals surface area (Å²) in [7, 11) is 0. The van der Waals surface area contributed by atoms with Gasteiger partial charge < -0.3 is 18.9 Å². The smallest absolute Gasteiger partial charge is 0.338 e. The molecule has 1 aliphatic heterocycles. The third-order valence-corrected chi connectivity index (χ3v) is 22.7. The Bertz CT molecular complexity index is 3400. The van der Waals surface area contributed by atoms with Gasteiger partial charge in [-0.1, -0.05) is 406 Å². The van der Waals surface area contributed by atoms with E-state index in [0.29, 0.717) is 28.9 Å². The minimum absolute atomic E-state index is 0. The zero-order chi connectivity index (χ0) is 68.4. The lowest BCUT2D eigenvalue weighted by Gasteiger charge is -2.35. The van der Waals surface area contributed by atoms with Crippen LogP contribution in [0.5, 0.6) is 11.5 Å². The first-order valence-corrected chi connectivity index (χ1v) is 39.2. The van der Waals surface area contributed by atoms with Gasteiger partial charge in [0.1, 0.15) is 11.5 Å². The highest BCUT2D eigenvalue weighted by atomic mass is 16.6. The standard InChI is InChI=1S/C48H58O4.C40H48O2.2C2H6.13CH4/c1-3-11-35-17-21-37(22-18-35)33-39-25-29-43(30-26-39)47(49)51-45(41-13-7-5-8-14-41)46(42-15-9-6-10-16-42)52-48(50)44-31-27-40(28-32-44)34-38-23-19-36(12-4-2)20-24-38;1-2-7-28-12-14-29(15-13-28)24-30-16-18-31(19-17-30)25-32-26-41-37-22-20-33-8-3-5-10-35(33)39(37)40-36-11-6-4-9-34(36)21-23-38(40)42-27-32;2*1-2;;;;;;;;;;;;;/h5-10,13-16,25-32,35-38,45-46H,3-4,11-12,17-24,33-34H2,1-2H3;3-6,8-11,20-23,28-32H,2,7,12-19,24-27H2,1H3;2*1-2H3;13*1H4/t35?,36?,37?,38?,45-,46-;;;;;;;;;;;;;;;;/m1................/s1. The predicted octanol–water partition coefficient (Wildman–Crippen LogP) is 34.0. The van der Waals surface area contributed by atoms with Crippen molar-refractivity contribution in [2.75, 3.05) is 13.2 Å². The Balaban J connectivity index is -0.000000899. The van der Waals surface area contributed by atoms with Crippen molar-refractivity contribution in [2.24, 2.45) is 53.3 Å². The molecule has 0 bridgehead atoms. The fourth-order valence-corrected chi connectivity index (χ4v) is 17.4. The molecule has 0 N–H and O–H groups in total. The van der Waals surface area contributed by atoms with E-state index in [1.165, 1.54) is 198 Å². The van der Waals surface area contributed by atoms with Crippen molar-refractivity contribution in [3.8, 4) is 22.6 Å². The molecule has 4 aliphatic carbocycles. The number of carbonyl (C=O) groups excluding carboxylic acids is 2. The molecule has 0 spiro atoms. The average Bonchev–Trinajstić information content (AvgIpc) is 1.65. The van der Waals surface area contributed by atoms with E-state index >= 15 is 0 Å². The van der Waals surface area contributed by atoms with E-state index in [9.17, 15) is 9.59 Å². The number of hydrogen-bond donors (Lipinski definition) is 0. The van der Waals surface area contributed by atoms with Crippen molar-refractivity contribution in [3.63, 3.8) is 0 Å². The maximum atomic E-state index is 13.8. The number of carbonyl (C=O) groups is 2. The van der Waals surface area contributed by atoms with Gasteiger partial charge in [0.15, 0.2) is 12.2 Å². The summed E-state index contributed by atoms with van der Waals surface area (Å²) in [5.41, 5.74) is 7.36. The van der Waals surface area contributed by atoms with Gasteiger partial charge in [-0.15, -0.1) is 0 Å². The highest BCUT2D eigenvalue weighted by Crippen LogP contribution is 2.48. The van der Waals surface area contributed by atoms with Crippen LogP contribution in [0.1, 0.15) is 354 Å². The van der Waals surface area contributed by atoms with Crippen LogP contribution >= 0.6 is 0 Å². The number of esters is 2. The third-order valence-electron chi connectivity index (χ3n) is 22.7. The molecule has 0 radical (unpaired) electrons. The average molecular weight is 1530 g/mol. The Morgan fingerprint density at radius 1 is 0.315 bits per heavy atom. The number of fused-ring (bicyclic) bond motifs is 7. The van der Waals surface area contributed by atoms with Crippen LogP contribution in [0.4, 0.5) is 0 Å². The van der Waals surface area contributed by atoms with E-state index in [0.717, 1.165) is 84.2 Å². The van der Waals surface area contributed by atoms with Crippen LogP contribution in [0.25, 0.3) is 32.7 Å². The van der Waals surface area contributed by atoms with Gasteiger partial charge >= 0.3 is 11.9 Å². The fourth-order valence-electron chi connectivity index (χ4n) is 17.4. The Hall–Kier alpha value is -7.18. The monoisotopic (exact) mass is 1530 g/mol. The van der Waals surface area contributed by atoms with Gasteiger partial charge in [-0.3, -0.25) is 0 Å². The molecule has 4 fully saturated rings. The largest absolute Gasteiger partial charge is 0.492 e. The van der Waals surface area contributed by atoms with E-state index in [-0.39, 0.29) is 96.5 Å². The Morgan fingerprint density at radius 2 is 0.586 bits per heavy atom. The maximum absolute atomic E-state index is 13.8. The lowest BCUT2D eigenvalue weighted by atomic mass is 9.71. The second-order valence-corrected chi connectivity index (χ2v) is 29.5. The SMILES string of the molecule is C.C.C.C.C.C.C.C.C.C.C.C.C.CC.CC.CCCC1CCC(CC2CCC(CC3COc4ccc5ccccc5c4-c4c(ccc5ccccc45)OC3)CC2)CC1.CCCC1CCC(Cc2ccc(C(=O)O[C@H](c3ccccc3)[C@H](OC(=O)c3ccc(CC4CCC(CCC)CC4)cc3)c3ccccc3)cc2)CC1. The molecular formula is C105H170O6. The predicted molar refractivity (Wildman–Crippen MR) is 497 cm³/mol. The van der Waals surface area contributed by atoms with Gasteiger partial charge in [0.2, 0.25) is 0 Å². The van der Waals surface area contributed by atoms with Crippen LogP contribution in [0.2, 0.25) is 0 Å². The van der Waals surface area contributed by atoms with E-state index in [1.807, 2.05) is 113 Å². The first kappa shape index (κ1) is 110. The number of benzene rings is 8. The Morgan fingerprint density at radius 3 is 0.892 bits per heavy atom. The topological polar surface area (TPSA) is 71.1 Å². The summed E-state index contributed by atoms with van der Waals surface area (Å²) in [4.78, 5) is 27.6. The molecular weight excluding hydrogens is 1360 g/mol. The summed E-state index contributed by atoms with van der Waals surface area (Å²) >= 11 is 0. The van der Waals surface area contributed by atoms with E-state index in [1.54, 1.807) is 0 Å². The van der Waals surface area contributed by atoms with Gasteiger partial charge in [-0.25, -0.2) is 9.59 Å². The summed E-state index contributed by atoms with van der Waals surface area (Å²) in [5.74, 6) is 8.48. The molecule has 1 heterocycles. The van der Waals surface area contributed by atoms with Crippen LogP contribution in [0.15, 0.2) is 182 Å². The minimum atomic E-state index is -0.847. The van der Waals surface area contributed by atoms with Crippen LogP contribution in [-0.2, 0) is 22.3 Å². The van der Waals surface area contributed by atoms with E-state index < -0.39 is 24.1 Å². The highest BCUT2D eigenvalue weighted by Gasteiger charge is 2.35. The lowest BCUT2D eigenvalue weighted by Crippen LogP contribution is -2.26. The van der Waals surface area contributed by atoms with Crippen molar-refractivity contribution in [3.05, 3.63) is 215 Å². The lowest BCUT2D eigenvalue weighted by molar-refractivity contribution is -0.0388. The molecule has 626 valence electrons. The molecule has 6 heteroatoms. The highest BCUT2D eigenvalue weighted by molar-refractivity contribution is 6.09. The zero-order valence-electron chi connectivity index (χ0n) is 60.9. The molecule has 13 rings (SSSR count). The van der Waals surface area contributed by atoms with Crippen LogP contribution in [0.3, 0.4) is 0 Å². The van der Waals surface area contributed by atoms with Gasteiger partial charge in [0.05, 0.1) is 24.3 Å². The van der Waals surface area contributed by atoms with Crippen LogP contribution < -0.4 is 9.47 Å². The molecule has 0 unspecified atom stereocenters. The van der Waals surface area contributed by atoms with Gasteiger partial charge in [0, 0.05) is 17.0 Å². The second-order valence-electron chi connectivity index (χ2n) is 29.5. The van der Waals surface area contributed by atoms with E-state index in [4.69, 9.17) is 18.9 Å². The summed E-state index contributed by atoms with van der Waals surface area (Å²) < 4.78 is 26.1. The minimum Gasteiger partial charge on any atom is -0.492 e. The first-order valence-electron chi connectivity index (χ1n) is 39.2. The van der Waals surface area contributed by atoms with Gasteiger partial charge in [-0.2, -0.15) is 0 Å². The fraction of sp³-hybridized carbons (Fsp3) is 0.562. The summed E-state index contributed by atoms with van der Waals surface area (Å²) in [6.45, 7) is 16.4. The van der Waals surface area contributed by atoms with Crippen molar-refractivity contribution in [1.29, 1.82) is 0 Å².